The van der Waals surface area contributed by atoms with Crippen LogP contribution in [0.1, 0.15) is 25.3 Å². The number of carbonyl (C=O) groups is 2. The van der Waals surface area contributed by atoms with E-state index in [1.165, 1.54) is 17.0 Å². The summed E-state index contributed by atoms with van der Waals surface area (Å²) in [5.41, 5.74) is 2.60. The summed E-state index contributed by atoms with van der Waals surface area (Å²) >= 11 is 0. The van der Waals surface area contributed by atoms with Crippen molar-refractivity contribution < 1.29 is 14.0 Å². The molecule has 1 aromatic heterocycles. The molecule has 1 fully saturated rings. The van der Waals surface area contributed by atoms with Crippen LogP contribution in [0.3, 0.4) is 0 Å². The number of anilines is 1. The molecular formula is C28H33FN6O2. The summed E-state index contributed by atoms with van der Waals surface area (Å²) in [5.74, 6) is 0.335. The molecule has 1 saturated heterocycles. The van der Waals surface area contributed by atoms with Crippen molar-refractivity contribution in [3.63, 3.8) is 0 Å². The van der Waals surface area contributed by atoms with Gasteiger partial charge in [0.15, 0.2) is 5.82 Å². The molecule has 1 aliphatic heterocycles. The Bertz CT molecular complexity index is 1160. The van der Waals surface area contributed by atoms with Gasteiger partial charge in [-0.25, -0.2) is 9.18 Å². The molecule has 3 amide bonds. The van der Waals surface area contributed by atoms with Gasteiger partial charge in [-0.3, -0.25) is 4.79 Å². The first-order chi connectivity index (χ1) is 18.0. The first-order valence-electron chi connectivity index (χ1n) is 12.7. The summed E-state index contributed by atoms with van der Waals surface area (Å²) in [4.78, 5) is 31.4. The van der Waals surface area contributed by atoms with E-state index < -0.39 is 0 Å². The Hall–Kier alpha value is -4.01. The van der Waals surface area contributed by atoms with E-state index in [1.807, 2.05) is 49.4 Å². The summed E-state index contributed by atoms with van der Waals surface area (Å²) in [6, 6.07) is 19.5. The standard InChI is InChI=1S/C28H33FN6O2/c1-2-15-30-28(37)35(20-22-9-11-24(29)12-10-22)21-27(36)34-17-6-16-33(18-19-34)26-14-13-25(31-32-26)23-7-4-3-5-8-23/h3-5,7-14H,2,6,15-21H2,1H3,(H,30,37). The van der Waals surface area contributed by atoms with E-state index in [0.29, 0.717) is 26.2 Å². The van der Waals surface area contributed by atoms with Gasteiger partial charge in [0, 0.05) is 44.8 Å². The quantitative estimate of drug-likeness (QED) is 0.503. The number of hydrogen-bond acceptors (Lipinski definition) is 5. The van der Waals surface area contributed by atoms with Crippen LogP contribution < -0.4 is 10.2 Å². The van der Waals surface area contributed by atoms with E-state index in [9.17, 15) is 14.0 Å². The maximum Gasteiger partial charge on any atom is 0.318 e. The van der Waals surface area contributed by atoms with Crippen LogP contribution in [-0.2, 0) is 11.3 Å². The zero-order valence-electron chi connectivity index (χ0n) is 21.1. The van der Waals surface area contributed by atoms with E-state index in [0.717, 1.165) is 42.0 Å². The third kappa shape index (κ3) is 7.25. The lowest BCUT2D eigenvalue weighted by Crippen LogP contribution is -2.47. The van der Waals surface area contributed by atoms with Gasteiger partial charge >= 0.3 is 6.03 Å². The van der Waals surface area contributed by atoms with Gasteiger partial charge < -0.3 is 20.0 Å². The Balaban J connectivity index is 1.37. The molecule has 37 heavy (non-hydrogen) atoms. The molecule has 4 rings (SSSR count). The topological polar surface area (TPSA) is 81.7 Å². The van der Waals surface area contributed by atoms with Gasteiger partial charge in [0.05, 0.1) is 5.69 Å². The highest BCUT2D eigenvalue weighted by Gasteiger charge is 2.24. The second-order valence-corrected chi connectivity index (χ2v) is 9.08. The Morgan fingerprint density at radius 3 is 2.43 bits per heavy atom. The average molecular weight is 505 g/mol. The molecule has 0 bridgehead atoms. The normalized spacial score (nSPS) is 13.7. The van der Waals surface area contributed by atoms with Crippen molar-refractivity contribution in [1.29, 1.82) is 0 Å². The van der Waals surface area contributed by atoms with Crippen molar-refractivity contribution in [1.82, 2.24) is 25.3 Å². The van der Waals surface area contributed by atoms with Crippen LogP contribution in [0.25, 0.3) is 11.3 Å². The van der Waals surface area contributed by atoms with Crippen molar-refractivity contribution in [2.45, 2.75) is 26.3 Å². The highest BCUT2D eigenvalue weighted by molar-refractivity contribution is 5.84. The van der Waals surface area contributed by atoms with E-state index in [2.05, 4.69) is 20.4 Å². The number of halogens is 1. The Morgan fingerprint density at radius 2 is 1.73 bits per heavy atom. The summed E-state index contributed by atoms with van der Waals surface area (Å²) < 4.78 is 13.3. The molecule has 3 aromatic rings. The Labute approximate surface area is 217 Å². The van der Waals surface area contributed by atoms with Crippen LogP contribution in [0.2, 0.25) is 0 Å². The highest BCUT2D eigenvalue weighted by atomic mass is 19.1. The molecule has 2 aromatic carbocycles. The summed E-state index contributed by atoms with van der Waals surface area (Å²) in [6.45, 7) is 5.20. The van der Waals surface area contributed by atoms with Crippen LogP contribution in [0.4, 0.5) is 15.0 Å². The molecule has 8 nitrogen and oxygen atoms in total. The van der Waals surface area contributed by atoms with E-state index in [-0.39, 0.29) is 30.8 Å². The van der Waals surface area contributed by atoms with Gasteiger partial charge in [-0.15, -0.1) is 10.2 Å². The van der Waals surface area contributed by atoms with E-state index in [4.69, 9.17) is 0 Å². The third-order valence-electron chi connectivity index (χ3n) is 6.32. The maximum absolute atomic E-state index is 13.3. The van der Waals surface area contributed by atoms with Crippen molar-refractivity contribution in [2.24, 2.45) is 0 Å². The van der Waals surface area contributed by atoms with Crippen LogP contribution >= 0.6 is 0 Å². The summed E-state index contributed by atoms with van der Waals surface area (Å²) in [5, 5.41) is 11.7. The van der Waals surface area contributed by atoms with Crippen LogP contribution in [-0.4, -0.2) is 71.2 Å². The lowest BCUT2D eigenvalue weighted by Gasteiger charge is -2.27. The number of carbonyl (C=O) groups excluding carboxylic acids is 2. The molecule has 0 unspecified atom stereocenters. The number of hydrogen-bond donors (Lipinski definition) is 1. The predicted molar refractivity (Wildman–Crippen MR) is 141 cm³/mol. The van der Waals surface area contributed by atoms with Crippen molar-refractivity contribution >= 4 is 17.8 Å². The molecule has 1 aliphatic rings. The summed E-state index contributed by atoms with van der Waals surface area (Å²) in [7, 11) is 0. The van der Waals surface area contributed by atoms with Gasteiger partial charge in [0.2, 0.25) is 5.91 Å². The number of nitrogens with zero attached hydrogens (tertiary/aromatic N) is 5. The van der Waals surface area contributed by atoms with E-state index in [1.54, 1.807) is 17.0 Å². The molecule has 0 spiro atoms. The average Bonchev–Trinajstić information content (AvgIpc) is 3.20. The zero-order valence-corrected chi connectivity index (χ0v) is 21.1. The Morgan fingerprint density at radius 1 is 0.946 bits per heavy atom. The van der Waals surface area contributed by atoms with Crippen LogP contribution in [0.5, 0.6) is 0 Å². The van der Waals surface area contributed by atoms with Crippen LogP contribution in [0, 0.1) is 5.82 Å². The smallest absolute Gasteiger partial charge is 0.318 e. The molecule has 9 heteroatoms. The number of urea groups is 1. The number of benzene rings is 2. The minimum Gasteiger partial charge on any atom is -0.353 e. The van der Waals surface area contributed by atoms with Gasteiger partial charge in [0.1, 0.15) is 12.4 Å². The number of amides is 3. The molecule has 1 N–H and O–H groups in total. The predicted octanol–water partition coefficient (Wildman–Crippen LogP) is 3.94. The van der Waals surface area contributed by atoms with E-state index >= 15 is 0 Å². The van der Waals surface area contributed by atoms with Gasteiger partial charge in [-0.1, -0.05) is 49.4 Å². The van der Waals surface area contributed by atoms with Gasteiger partial charge in [0.25, 0.3) is 0 Å². The second-order valence-electron chi connectivity index (χ2n) is 9.08. The number of nitrogens with one attached hydrogen (secondary N) is 1. The minimum atomic E-state index is -0.338. The summed E-state index contributed by atoms with van der Waals surface area (Å²) in [6.07, 6.45) is 1.58. The lowest BCUT2D eigenvalue weighted by molar-refractivity contribution is -0.131. The molecule has 0 aliphatic carbocycles. The molecule has 0 atom stereocenters. The fourth-order valence-electron chi connectivity index (χ4n) is 4.27. The molecule has 194 valence electrons. The third-order valence-corrected chi connectivity index (χ3v) is 6.32. The van der Waals surface area contributed by atoms with Crippen molar-refractivity contribution in [3.05, 3.63) is 78.1 Å². The van der Waals surface area contributed by atoms with Crippen molar-refractivity contribution in [3.8, 4) is 11.3 Å². The fourth-order valence-corrected chi connectivity index (χ4v) is 4.27. The minimum absolute atomic E-state index is 0.0432. The van der Waals surface area contributed by atoms with Gasteiger partial charge in [-0.05, 0) is 42.7 Å². The SMILES string of the molecule is CCCNC(=O)N(CC(=O)N1CCCN(c2ccc(-c3ccccc3)nn2)CC1)Cc1ccc(F)cc1. The second kappa shape index (κ2) is 12.8. The number of aromatic nitrogens is 2. The highest BCUT2D eigenvalue weighted by Crippen LogP contribution is 2.19. The number of rotatable bonds is 8. The maximum atomic E-state index is 13.3. The monoisotopic (exact) mass is 504 g/mol. The first-order valence-corrected chi connectivity index (χ1v) is 12.7. The fraction of sp³-hybridized carbons (Fsp3) is 0.357. The van der Waals surface area contributed by atoms with Crippen molar-refractivity contribution in [2.75, 3.05) is 44.2 Å². The largest absolute Gasteiger partial charge is 0.353 e. The van der Waals surface area contributed by atoms with Gasteiger partial charge in [-0.2, -0.15) is 0 Å². The Kier molecular flexibility index (Phi) is 9.02. The molecular weight excluding hydrogens is 471 g/mol. The van der Waals surface area contributed by atoms with Crippen LogP contribution in [0.15, 0.2) is 66.7 Å². The molecule has 0 radical (unpaired) electrons. The molecule has 2 heterocycles. The lowest BCUT2D eigenvalue weighted by atomic mass is 10.1. The molecule has 0 saturated carbocycles. The first kappa shape index (κ1) is 26.1. The zero-order chi connectivity index (χ0) is 26.0.